The maximum Gasteiger partial charge on any atom is 0.573 e. The van der Waals surface area contributed by atoms with E-state index in [1.807, 2.05) is 48.9 Å². The monoisotopic (exact) mass is 403 g/mol. The van der Waals surface area contributed by atoms with Crippen molar-refractivity contribution in [2.24, 2.45) is 0 Å². The predicted octanol–water partition coefficient (Wildman–Crippen LogP) is 4.96. The van der Waals surface area contributed by atoms with E-state index >= 15 is 0 Å². The zero-order valence-corrected chi connectivity index (χ0v) is 16.0. The van der Waals surface area contributed by atoms with Crippen LogP contribution in [-0.4, -0.2) is 22.1 Å². The van der Waals surface area contributed by atoms with Crippen molar-refractivity contribution in [1.29, 1.82) is 0 Å². The van der Waals surface area contributed by atoms with E-state index in [1.165, 1.54) is 12.1 Å². The first kappa shape index (κ1) is 20.4. The van der Waals surface area contributed by atoms with Crippen LogP contribution in [0.3, 0.4) is 0 Å². The molecule has 0 aliphatic rings. The molecule has 1 heterocycles. The molecule has 3 aromatic rings. The van der Waals surface area contributed by atoms with Crippen LogP contribution < -0.4 is 10.1 Å². The van der Waals surface area contributed by atoms with E-state index in [0.717, 1.165) is 34.8 Å². The number of aromatic nitrogens is 2. The van der Waals surface area contributed by atoms with Gasteiger partial charge in [-0.15, -0.1) is 13.2 Å². The number of carbonyl (C=O) groups is 1. The minimum Gasteiger partial charge on any atom is -0.406 e. The number of halogens is 3. The van der Waals surface area contributed by atoms with Crippen molar-refractivity contribution in [2.45, 2.75) is 33.1 Å². The first-order valence-electron chi connectivity index (χ1n) is 8.99. The molecule has 152 valence electrons. The maximum atomic E-state index is 12.2. The van der Waals surface area contributed by atoms with Crippen LogP contribution in [0, 0.1) is 13.8 Å². The van der Waals surface area contributed by atoms with Crippen molar-refractivity contribution in [3.63, 3.8) is 0 Å². The van der Waals surface area contributed by atoms with E-state index in [2.05, 4.69) is 15.2 Å². The summed E-state index contributed by atoms with van der Waals surface area (Å²) in [5.74, 6) is -0.573. The van der Waals surface area contributed by atoms with Crippen LogP contribution in [0.15, 0.2) is 54.6 Å². The maximum absolute atomic E-state index is 12.2. The fourth-order valence-electron chi connectivity index (χ4n) is 3.06. The summed E-state index contributed by atoms with van der Waals surface area (Å²) in [6, 6.07) is 14.8. The molecule has 0 aliphatic heterocycles. The molecule has 1 aromatic heterocycles. The Labute approximate surface area is 166 Å². The second-order valence-corrected chi connectivity index (χ2v) is 6.52. The summed E-state index contributed by atoms with van der Waals surface area (Å²) in [6.45, 7) is 3.86. The summed E-state index contributed by atoms with van der Waals surface area (Å²) < 4.78 is 42.2. The van der Waals surface area contributed by atoms with Gasteiger partial charge >= 0.3 is 6.36 Å². The van der Waals surface area contributed by atoms with E-state index in [1.54, 1.807) is 0 Å². The zero-order chi connectivity index (χ0) is 21.0. The summed E-state index contributed by atoms with van der Waals surface area (Å²) >= 11 is 0. The number of anilines is 1. The number of hydrogen-bond acceptors (Lipinski definition) is 3. The Kier molecular flexibility index (Phi) is 5.91. The molecule has 5 nitrogen and oxygen atoms in total. The quantitative estimate of drug-likeness (QED) is 0.633. The Balaban J connectivity index is 1.61. The van der Waals surface area contributed by atoms with Gasteiger partial charge in [0.05, 0.1) is 11.4 Å². The van der Waals surface area contributed by atoms with Crippen LogP contribution in [0.4, 0.5) is 18.9 Å². The number of aryl methyl sites for hydroxylation is 1. The molecule has 0 saturated carbocycles. The van der Waals surface area contributed by atoms with Crippen LogP contribution in [-0.2, 0) is 11.2 Å². The molecule has 29 heavy (non-hydrogen) atoms. The topological polar surface area (TPSA) is 56.2 Å². The van der Waals surface area contributed by atoms with Gasteiger partial charge in [-0.1, -0.05) is 18.2 Å². The lowest BCUT2D eigenvalue weighted by Crippen LogP contribution is -2.17. The first-order valence-corrected chi connectivity index (χ1v) is 8.99. The van der Waals surface area contributed by atoms with E-state index < -0.39 is 6.36 Å². The minimum atomic E-state index is -4.75. The lowest BCUT2D eigenvalue weighted by molar-refractivity contribution is -0.274. The molecule has 3 rings (SSSR count). The Morgan fingerprint density at radius 2 is 1.72 bits per heavy atom. The van der Waals surface area contributed by atoms with Crippen molar-refractivity contribution in [3.8, 4) is 11.4 Å². The third-order valence-electron chi connectivity index (χ3n) is 4.42. The largest absolute Gasteiger partial charge is 0.573 e. The van der Waals surface area contributed by atoms with Gasteiger partial charge in [0.15, 0.2) is 0 Å². The highest BCUT2D eigenvalue weighted by molar-refractivity contribution is 5.90. The molecular weight excluding hydrogens is 383 g/mol. The number of rotatable bonds is 6. The number of alkyl halides is 3. The molecule has 8 heteroatoms. The minimum absolute atomic E-state index is 0.225. The van der Waals surface area contributed by atoms with E-state index in [-0.39, 0.29) is 18.1 Å². The molecule has 1 N–H and O–H groups in total. The predicted molar refractivity (Wildman–Crippen MR) is 103 cm³/mol. The second-order valence-electron chi connectivity index (χ2n) is 6.52. The third-order valence-corrected chi connectivity index (χ3v) is 4.42. The molecule has 0 fully saturated rings. The number of nitrogens with zero attached hydrogens (tertiary/aromatic N) is 2. The van der Waals surface area contributed by atoms with Crippen molar-refractivity contribution in [3.05, 3.63) is 71.5 Å². The molecule has 0 bridgehead atoms. The molecular formula is C21H20F3N3O2. The number of hydrogen-bond donors (Lipinski definition) is 1. The van der Waals surface area contributed by atoms with Gasteiger partial charge in [-0.25, -0.2) is 4.68 Å². The summed E-state index contributed by atoms with van der Waals surface area (Å²) in [7, 11) is 0. The van der Waals surface area contributed by atoms with Crippen LogP contribution in [0.2, 0.25) is 0 Å². The van der Waals surface area contributed by atoms with Gasteiger partial charge < -0.3 is 10.1 Å². The van der Waals surface area contributed by atoms with Gasteiger partial charge in [0.1, 0.15) is 5.75 Å². The molecule has 0 atom stereocenters. The first-order chi connectivity index (χ1) is 13.7. The van der Waals surface area contributed by atoms with E-state index in [9.17, 15) is 18.0 Å². The Hall–Kier alpha value is -3.29. The van der Waals surface area contributed by atoms with Crippen molar-refractivity contribution in [2.75, 3.05) is 5.32 Å². The molecule has 0 aliphatic carbocycles. The fraction of sp³-hybridized carbons (Fsp3) is 0.238. The summed E-state index contributed by atoms with van der Waals surface area (Å²) in [5.41, 5.74) is 4.17. The highest BCUT2D eigenvalue weighted by Gasteiger charge is 2.30. The molecule has 0 radical (unpaired) electrons. The standard InChI is InChI=1S/C21H20F3N3O2/c1-14-19(15(2)27(26-14)17-6-4-3-5-7-17)12-13-20(28)25-16-8-10-18(11-9-16)29-21(22,23)24/h3-11H,12-13H2,1-2H3,(H,25,28). The summed E-state index contributed by atoms with van der Waals surface area (Å²) in [6.07, 6.45) is -4.01. The normalized spacial score (nSPS) is 11.3. The van der Waals surface area contributed by atoms with E-state index in [0.29, 0.717) is 12.1 Å². The van der Waals surface area contributed by atoms with E-state index in [4.69, 9.17) is 0 Å². The number of carbonyl (C=O) groups excluding carboxylic acids is 1. The number of para-hydroxylation sites is 1. The summed E-state index contributed by atoms with van der Waals surface area (Å²) in [4.78, 5) is 12.2. The highest BCUT2D eigenvalue weighted by atomic mass is 19.4. The second kappa shape index (κ2) is 8.38. The van der Waals surface area contributed by atoms with Gasteiger partial charge in [0.2, 0.25) is 5.91 Å². The molecule has 1 amide bonds. The number of amides is 1. The SMILES string of the molecule is Cc1nn(-c2ccccc2)c(C)c1CCC(=O)Nc1ccc(OC(F)(F)F)cc1. The third kappa shape index (κ3) is 5.37. The fourth-order valence-corrected chi connectivity index (χ4v) is 3.06. The highest BCUT2D eigenvalue weighted by Crippen LogP contribution is 2.24. The van der Waals surface area contributed by atoms with Gasteiger partial charge in [-0.3, -0.25) is 4.79 Å². The van der Waals surface area contributed by atoms with Crippen molar-refractivity contribution < 1.29 is 22.7 Å². The number of ether oxygens (including phenoxy) is 1. The molecule has 0 spiro atoms. The Morgan fingerprint density at radius 1 is 1.07 bits per heavy atom. The van der Waals surface area contributed by atoms with Crippen LogP contribution in [0.25, 0.3) is 5.69 Å². The van der Waals surface area contributed by atoms with Gasteiger partial charge in [0.25, 0.3) is 0 Å². The lowest BCUT2D eigenvalue weighted by atomic mass is 10.1. The summed E-state index contributed by atoms with van der Waals surface area (Å²) in [5, 5.41) is 7.24. The van der Waals surface area contributed by atoms with Gasteiger partial charge in [-0.2, -0.15) is 5.10 Å². The number of nitrogens with one attached hydrogen (secondary N) is 1. The Morgan fingerprint density at radius 3 is 2.34 bits per heavy atom. The smallest absolute Gasteiger partial charge is 0.406 e. The van der Waals surface area contributed by atoms with Crippen LogP contribution >= 0.6 is 0 Å². The zero-order valence-electron chi connectivity index (χ0n) is 16.0. The average molecular weight is 403 g/mol. The van der Waals surface area contributed by atoms with Crippen LogP contribution in [0.5, 0.6) is 5.75 Å². The number of benzene rings is 2. The average Bonchev–Trinajstić information content (AvgIpc) is 2.95. The Bertz CT molecular complexity index is 981. The van der Waals surface area contributed by atoms with Gasteiger partial charge in [-0.05, 0) is 62.2 Å². The lowest BCUT2D eigenvalue weighted by Gasteiger charge is -2.10. The molecule has 2 aromatic carbocycles. The molecule has 0 unspecified atom stereocenters. The van der Waals surface area contributed by atoms with Crippen molar-refractivity contribution in [1.82, 2.24) is 9.78 Å². The molecule has 0 saturated heterocycles. The van der Waals surface area contributed by atoms with Crippen molar-refractivity contribution >= 4 is 11.6 Å². The van der Waals surface area contributed by atoms with Gasteiger partial charge in [0, 0.05) is 17.8 Å². The van der Waals surface area contributed by atoms with Crippen LogP contribution in [0.1, 0.15) is 23.4 Å².